The molecule has 0 atom stereocenters. The standard InChI is InChI=1S/C17H19NO2/c1-13-3-5-15(6-4-13)11-12-20-17-9-7-16(8-10-17)18-14(2)19/h3-10H,11-12H2,1-2H3,(H,18,19). The Morgan fingerprint density at radius 2 is 1.70 bits per heavy atom. The highest BCUT2D eigenvalue weighted by Gasteiger charge is 1.98. The number of amides is 1. The molecule has 0 aliphatic heterocycles. The van der Waals surface area contributed by atoms with Gasteiger partial charge in [-0.3, -0.25) is 4.79 Å². The largest absolute Gasteiger partial charge is 0.493 e. The van der Waals surface area contributed by atoms with Gasteiger partial charge in [-0.2, -0.15) is 0 Å². The number of aryl methyl sites for hydroxylation is 1. The lowest BCUT2D eigenvalue weighted by Crippen LogP contribution is -2.05. The molecule has 0 saturated heterocycles. The predicted molar refractivity (Wildman–Crippen MR) is 81.1 cm³/mol. The number of hydrogen-bond donors (Lipinski definition) is 1. The highest BCUT2D eigenvalue weighted by atomic mass is 16.5. The SMILES string of the molecule is CC(=O)Nc1ccc(OCCc2ccc(C)cc2)cc1. The topological polar surface area (TPSA) is 38.3 Å². The second kappa shape index (κ2) is 6.75. The van der Waals surface area contributed by atoms with Gasteiger partial charge in [-0.1, -0.05) is 29.8 Å². The molecular weight excluding hydrogens is 250 g/mol. The molecule has 2 rings (SSSR count). The van der Waals surface area contributed by atoms with Gasteiger partial charge in [0.15, 0.2) is 0 Å². The Morgan fingerprint density at radius 1 is 1.05 bits per heavy atom. The minimum atomic E-state index is -0.0713. The maximum atomic E-state index is 10.9. The van der Waals surface area contributed by atoms with E-state index in [1.54, 1.807) is 0 Å². The van der Waals surface area contributed by atoms with Crippen LogP contribution in [0.1, 0.15) is 18.1 Å². The molecule has 3 heteroatoms. The van der Waals surface area contributed by atoms with Crippen molar-refractivity contribution in [1.82, 2.24) is 0 Å². The van der Waals surface area contributed by atoms with Crippen LogP contribution >= 0.6 is 0 Å². The first-order chi connectivity index (χ1) is 9.63. The highest BCUT2D eigenvalue weighted by Crippen LogP contribution is 2.16. The van der Waals surface area contributed by atoms with Crippen LogP contribution in [-0.2, 0) is 11.2 Å². The summed E-state index contributed by atoms with van der Waals surface area (Å²) in [6.07, 6.45) is 0.883. The van der Waals surface area contributed by atoms with E-state index in [9.17, 15) is 4.79 Å². The summed E-state index contributed by atoms with van der Waals surface area (Å²) in [7, 11) is 0. The molecule has 0 unspecified atom stereocenters. The van der Waals surface area contributed by atoms with Gasteiger partial charge in [0.25, 0.3) is 0 Å². The van der Waals surface area contributed by atoms with E-state index in [0.717, 1.165) is 17.9 Å². The van der Waals surface area contributed by atoms with Gasteiger partial charge in [0.1, 0.15) is 5.75 Å². The summed E-state index contributed by atoms with van der Waals surface area (Å²) in [5, 5.41) is 2.72. The van der Waals surface area contributed by atoms with Crippen molar-refractivity contribution >= 4 is 11.6 Å². The van der Waals surface area contributed by atoms with Crippen molar-refractivity contribution in [1.29, 1.82) is 0 Å². The van der Waals surface area contributed by atoms with E-state index in [4.69, 9.17) is 4.74 Å². The lowest BCUT2D eigenvalue weighted by molar-refractivity contribution is -0.114. The van der Waals surface area contributed by atoms with Crippen LogP contribution in [0.4, 0.5) is 5.69 Å². The summed E-state index contributed by atoms with van der Waals surface area (Å²) in [5.41, 5.74) is 3.32. The second-order valence-electron chi connectivity index (χ2n) is 4.79. The summed E-state index contributed by atoms with van der Waals surface area (Å²) >= 11 is 0. The molecule has 2 aromatic carbocycles. The van der Waals surface area contributed by atoms with Crippen LogP contribution in [0.25, 0.3) is 0 Å². The van der Waals surface area contributed by atoms with Gasteiger partial charge in [-0.25, -0.2) is 0 Å². The highest BCUT2D eigenvalue weighted by molar-refractivity contribution is 5.88. The van der Waals surface area contributed by atoms with E-state index < -0.39 is 0 Å². The predicted octanol–water partition coefficient (Wildman–Crippen LogP) is 3.57. The molecule has 20 heavy (non-hydrogen) atoms. The summed E-state index contributed by atoms with van der Waals surface area (Å²) in [6, 6.07) is 15.9. The smallest absolute Gasteiger partial charge is 0.221 e. The van der Waals surface area contributed by atoms with Gasteiger partial charge in [0.05, 0.1) is 6.61 Å². The van der Waals surface area contributed by atoms with Crippen molar-refractivity contribution < 1.29 is 9.53 Å². The third-order valence-corrected chi connectivity index (χ3v) is 2.95. The van der Waals surface area contributed by atoms with Gasteiger partial charge in [0.2, 0.25) is 5.91 Å². The molecular formula is C17H19NO2. The summed E-state index contributed by atoms with van der Waals surface area (Å²) in [5.74, 6) is 0.740. The van der Waals surface area contributed by atoms with Gasteiger partial charge >= 0.3 is 0 Å². The Bertz CT molecular complexity index is 559. The first-order valence-corrected chi connectivity index (χ1v) is 6.69. The zero-order chi connectivity index (χ0) is 14.4. The minimum absolute atomic E-state index is 0.0713. The fraction of sp³-hybridized carbons (Fsp3) is 0.235. The average Bonchev–Trinajstić information content (AvgIpc) is 2.42. The number of benzene rings is 2. The molecule has 2 aromatic rings. The van der Waals surface area contributed by atoms with E-state index in [1.807, 2.05) is 24.3 Å². The normalized spacial score (nSPS) is 10.1. The molecule has 0 saturated carbocycles. The fourth-order valence-electron chi connectivity index (χ4n) is 1.88. The van der Waals surface area contributed by atoms with E-state index >= 15 is 0 Å². The summed E-state index contributed by atoms with van der Waals surface area (Å²) in [4.78, 5) is 10.9. The molecule has 1 amide bonds. The molecule has 104 valence electrons. The van der Waals surface area contributed by atoms with Crippen LogP contribution in [0.5, 0.6) is 5.75 Å². The van der Waals surface area contributed by atoms with Crippen molar-refractivity contribution in [2.45, 2.75) is 20.3 Å². The van der Waals surface area contributed by atoms with E-state index in [0.29, 0.717) is 6.61 Å². The minimum Gasteiger partial charge on any atom is -0.493 e. The molecule has 0 aromatic heterocycles. The molecule has 0 aliphatic carbocycles. The second-order valence-corrected chi connectivity index (χ2v) is 4.79. The van der Waals surface area contributed by atoms with Crippen LogP contribution in [0.3, 0.4) is 0 Å². The molecule has 0 fully saturated rings. The summed E-state index contributed by atoms with van der Waals surface area (Å²) < 4.78 is 5.69. The Hall–Kier alpha value is -2.29. The van der Waals surface area contributed by atoms with Gasteiger partial charge < -0.3 is 10.1 Å². The van der Waals surface area contributed by atoms with Crippen LogP contribution in [0.15, 0.2) is 48.5 Å². The number of nitrogens with one attached hydrogen (secondary N) is 1. The number of hydrogen-bond acceptors (Lipinski definition) is 2. The number of anilines is 1. The number of carbonyl (C=O) groups is 1. The maximum absolute atomic E-state index is 10.9. The molecule has 0 heterocycles. The Morgan fingerprint density at radius 3 is 2.30 bits per heavy atom. The quantitative estimate of drug-likeness (QED) is 0.901. The van der Waals surface area contributed by atoms with Crippen molar-refractivity contribution in [3.63, 3.8) is 0 Å². The molecule has 0 aliphatic rings. The number of rotatable bonds is 5. The van der Waals surface area contributed by atoms with Crippen molar-refractivity contribution in [3.8, 4) is 5.75 Å². The zero-order valence-electron chi connectivity index (χ0n) is 11.8. The zero-order valence-corrected chi connectivity index (χ0v) is 11.8. The number of ether oxygens (including phenoxy) is 1. The lowest BCUT2D eigenvalue weighted by atomic mass is 10.1. The molecule has 1 N–H and O–H groups in total. The van der Waals surface area contributed by atoms with Crippen LogP contribution in [-0.4, -0.2) is 12.5 Å². The average molecular weight is 269 g/mol. The third kappa shape index (κ3) is 4.43. The Labute approximate surface area is 119 Å². The van der Waals surface area contributed by atoms with Crippen molar-refractivity contribution in [2.75, 3.05) is 11.9 Å². The molecule has 0 spiro atoms. The van der Waals surface area contributed by atoms with Crippen molar-refractivity contribution in [3.05, 3.63) is 59.7 Å². The Kier molecular flexibility index (Phi) is 4.77. The summed E-state index contributed by atoms with van der Waals surface area (Å²) in [6.45, 7) is 4.21. The molecule has 0 bridgehead atoms. The maximum Gasteiger partial charge on any atom is 0.221 e. The fourth-order valence-corrected chi connectivity index (χ4v) is 1.88. The third-order valence-electron chi connectivity index (χ3n) is 2.95. The molecule has 3 nitrogen and oxygen atoms in total. The van der Waals surface area contributed by atoms with Crippen molar-refractivity contribution in [2.24, 2.45) is 0 Å². The lowest BCUT2D eigenvalue weighted by Gasteiger charge is -2.08. The Balaban J connectivity index is 1.82. The monoisotopic (exact) mass is 269 g/mol. The number of carbonyl (C=O) groups excluding carboxylic acids is 1. The molecule has 0 radical (unpaired) electrons. The van der Waals surface area contributed by atoms with Crippen LogP contribution in [0.2, 0.25) is 0 Å². The first-order valence-electron chi connectivity index (χ1n) is 6.69. The van der Waals surface area contributed by atoms with Crippen LogP contribution < -0.4 is 10.1 Å². The van der Waals surface area contributed by atoms with E-state index in [2.05, 4.69) is 36.5 Å². The van der Waals surface area contributed by atoms with Crippen LogP contribution in [0, 0.1) is 6.92 Å². The van der Waals surface area contributed by atoms with Gasteiger partial charge in [0, 0.05) is 19.0 Å². The van der Waals surface area contributed by atoms with E-state index in [-0.39, 0.29) is 5.91 Å². The van der Waals surface area contributed by atoms with Gasteiger partial charge in [-0.15, -0.1) is 0 Å². The first kappa shape index (κ1) is 14.1. The van der Waals surface area contributed by atoms with E-state index in [1.165, 1.54) is 18.1 Å². The van der Waals surface area contributed by atoms with Gasteiger partial charge in [-0.05, 0) is 36.8 Å².